The molecule has 0 aromatic heterocycles. The summed E-state index contributed by atoms with van der Waals surface area (Å²) >= 11 is 0. The molecule has 2 amide bonds. The zero-order valence-electron chi connectivity index (χ0n) is 16.9. The summed E-state index contributed by atoms with van der Waals surface area (Å²) in [4.78, 5) is 27.9. The highest BCUT2D eigenvalue weighted by atomic mass is 16.6. The van der Waals surface area contributed by atoms with Crippen LogP contribution in [0, 0.1) is 16.7 Å². The van der Waals surface area contributed by atoms with Crippen molar-refractivity contribution in [1.29, 1.82) is 0 Å². The fraction of sp³-hybridized carbons (Fsp3) is 0.900. The minimum Gasteiger partial charge on any atom is -0.444 e. The molecule has 5 heteroatoms. The SMILES string of the molecule is CC1CN(C(=O)[C@@H](NC(=O)OC(C)(C)C)C(C)(C)C)C2(CC2)C12CC2. The van der Waals surface area contributed by atoms with Crippen molar-refractivity contribution in [3.05, 3.63) is 0 Å². The van der Waals surface area contributed by atoms with Crippen LogP contribution in [0.5, 0.6) is 0 Å². The Labute approximate surface area is 151 Å². The molecule has 3 aliphatic rings. The number of carbonyl (C=O) groups is 2. The first-order valence-electron chi connectivity index (χ1n) is 9.63. The van der Waals surface area contributed by atoms with E-state index in [4.69, 9.17) is 4.74 Å². The molecule has 3 rings (SSSR count). The lowest BCUT2D eigenvalue weighted by molar-refractivity contribution is -0.138. The second-order valence-corrected chi connectivity index (χ2v) is 10.5. The van der Waals surface area contributed by atoms with E-state index in [0.29, 0.717) is 11.3 Å². The zero-order chi connectivity index (χ0) is 18.8. The van der Waals surface area contributed by atoms with Gasteiger partial charge in [-0.15, -0.1) is 0 Å². The van der Waals surface area contributed by atoms with Gasteiger partial charge in [-0.05, 0) is 63.2 Å². The zero-order valence-corrected chi connectivity index (χ0v) is 16.9. The number of amides is 2. The Balaban J connectivity index is 1.78. The molecule has 0 aromatic rings. The highest BCUT2D eigenvalue weighted by Gasteiger charge is 2.75. The molecule has 0 radical (unpaired) electrons. The fourth-order valence-corrected chi connectivity index (χ4v) is 4.86. The molecule has 0 bridgehead atoms. The molecular formula is C20H34N2O3. The van der Waals surface area contributed by atoms with Gasteiger partial charge >= 0.3 is 6.09 Å². The van der Waals surface area contributed by atoms with Crippen molar-refractivity contribution in [3.8, 4) is 0 Å². The molecule has 2 aliphatic carbocycles. The summed E-state index contributed by atoms with van der Waals surface area (Å²) in [6.07, 6.45) is 4.22. The highest BCUT2D eigenvalue weighted by molar-refractivity contribution is 5.88. The topological polar surface area (TPSA) is 58.6 Å². The minimum absolute atomic E-state index is 0.0616. The van der Waals surface area contributed by atoms with Crippen LogP contribution in [0.15, 0.2) is 0 Å². The summed E-state index contributed by atoms with van der Waals surface area (Å²) in [6.45, 7) is 14.6. The third-order valence-corrected chi connectivity index (χ3v) is 6.40. The fourth-order valence-electron chi connectivity index (χ4n) is 4.86. The van der Waals surface area contributed by atoms with E-state index < -0.39 is 17.7 Å². The Bertz CT molecular complexity index is 577. The summed E-state index contributed by atoms with van der Waals surface area (Å²) in [5.41, 5.74) is -0.514. The van der Waals surface area contributed by atoms with Crippen LogP contribution in [0.2, 0.25) is 0 Å². The van der Waals surface area contributed by atoms with Crippen LogP contribution < -0.4 is 5.32 Å². The van der Waals surface area contributed by atoms with Crippen LogP contribution in [-0.2, 0) is 9.53 Å². The van der Waals surface area contributed by atoms with Crippen molar-refractivity contribution in [3.63, 3.8) is 0 Å². The van der Waals surface area contributed by atoms with E-state index >= 15 is 0 Å². The lowest BCUT2D eigenvalue weighted by atomic mass is 9.84. The third-order valence-electron chi connectivity index (χ3n) is 6.40. The Morgan fingerprint density at radius 2 is 1.64 bits per heavy atom. The minimum atomic E-state index is -0.576. The summed E-state index contributed by atoms with van der Waals surface area (Å²) in [5, 5.41) is 2.87. The average Bonchev–Trinajstić information content (AvgIpc) is 3.29. The maximum atomic E-state index is 13.5. The molecule has 3 fully saturated rings. The molecule has 2 atom stereocenters. The number of likely N-dealkylation sites (tertiary alicyclic amines) is 1. The number of nitrogens with one attached hydrogen (secondary N) is 1. The number of hydrogen-bond acceptors (Lipinski definition) is 3. The normalized spacial score (nSPS) is 27.3. The second-order valence-electron chi connectivity index (χ2n) is 10.5. The van der Waals surface area contributed by atoms with Crippen LogP contribution in [0.1, 0.15) is 74.1 Å². The van der Waals surface area contributed by atoms with Gasteiger partial charge < -0.3 is 15.0 Å². The van der Waals surface area contributed by atoms with Crippen molar-refractivity contribution in [2.45, 2.75) is 91.3 Å². The first kappa shape index (κ1) is 18.5. The molecule has 1 heterocycles. The monoisotopic (exact) mass is 350 g/mol. The summed E-state index contributed by atoms with van der Waals surface area (Å²) < 4.78 is 5.40. The van der Waals surface area contributed by atoms with Gasteiger partial charge in [0.25, 0.3) is 0 Å². The molecule has 5 nitrogen and oxygen atoms in total. The van der Waals surface area contributed by atoms with Crippen molar-refractivity contribution >= 4 is 12.0 Å². The second kappa shape index (κ2) is 5.37. The quantitative estimate of drug-likeness (QED) is 0.826. The number of hydrogen-bond donors (Lipinski definition) is 1. The maximum Gasteiger partial charge on any atom is 0.408 e. The van der Waals surface area contributed by atoms with E-state index in [1.54, 1.807) is 0 Å². The van der Waals surface area contributed by atoms with Gasteiger partial charge in [0.15, 0.2) is 0 Å². The molecule has 142 valence electrons. The molecule has 0 aromatic carbocycles. The Morgan fingerprint density at radius 3 is 2.04 bits per heavy atom. The van der Waals surface area contributed by atoms with E-state index in [1.807, 2.05) is 41.5 Å². The molecule has 1 unspecified atom stereocenters. The summed E-state index contributed by atoms with van der Waals surface area (Å²) in [6, 6.07) is -0.569. The number of carbonyl (C=O) groups excluding carboxylic acids is 2. The smallest absolute Gasteiger partial charge is 0.408 e. The number of fused-ring (bicyclic) bond motifs is 1. The standard InChI is InChI=1S/C20H34N2O3/c1-13-12-22(20(10-11-20)19(13)8-9-19)15(23)14(17(2,3)4)21-16(24)25-18(5,6)7/h13-14H,8-12H2,1-7H3,(H,21,24)/t13?,14-/m1/s1. The highest BCUT2D eigenvalue weighted by Crippen LogP contribution is 2.73. The lowest BCUT2D eigenvalue weighted by Gasteiger charge is -2.37. The summed E-state index contributed by atoms with van der Waals surface area (Å²) in [5.74, 6) is 0.618. The molecular weight excluding hydrogens is 316 g/mol. The van der Waals surface area contributed by atoms with Gasteiger partial charge in [0, 0.05) is 12.1 Å². The molecule has 25 heavy (non-hydrogen) atoms. The van der Waals surface area contributed by atoms with E-state index in [1.165, 1.54) is 12.8 Å². The van der Waals surface area contributed by atoms with E-state index in [-0.39, 0.29) is 16.9 Å². The molecule has 2 saturated carbocycles. The van der Waals surface area contributed by atoms with Crippen molar-refractivity contribution in [1.82, 2.24) is 10.2 Å². The van der Waals surface area contributed by atoms with Gasteiger partial charge in [-0.25, -0.2) is 4.79 Å². The predicted molar refractivity (Wildman–Crippen MR) is 97.1 cm³/mol. The Kier molecular flexibility index (Phi) is 3.98. The van der Waals surface area contributed by atoms with Crippen molar-refractivity contribution in [2.24, 2.45) is 16.7 Å². The van der Waals surface area contributed by atoms with Crippen LogP contribution in [-0.4, -0.2) is 40.6 Å². The van der Waals surface area contributed by atoms with E-state index in [9.17, 15) is 9.59 Å². The Morgan fingerprint density at radius 1 is 1.08 bits per heavy atom. The first-order chi connectivity index (χ1) is 11.3. The van der Waals surface area contributed by atoms with Gasteiger partial charge in [0.2, 0.25) is 5.91 Å². The summed E-state index contributed by atoms with van der Waals surface area (Å²) in [7, 11) is 0. The van der Waals surface area contributed by atoms with Crippen LogP contribution in [0.3, 0.4) is 0 Å². The third kappa shape index (κ3) is 3.04. The number of rotatable bonds is 2. The van der Waals surface area contributed by atoms with Gasteiger partial charge in [-0.1, -0.05) is 27.7 Å². The van der Waals surface area contributed by atoms with Crippen molar-refractivity contribution in [2.75, 3.05) is 6.54 Å². The number of ether oxygens (including phenoxy) is 1. The van der Waals surface area contributed by atoms with E-state index in [0.717, 1.165) is 19.4 Å². The molecule has 1 aliphatic heterocycles. The molecule has 1 saturated heterocycles. The number of alkyl carbamates (subject to hydrolysis) is 1. The van der Waals surface area contributed by atoms with Crippen LogP contribution >= 0.6 is 0 Å². The lowest BCUT2D eigenvalue weighted by Crippen LogP contribution is -2.57. The predicted octanol–water partition coefficient (Wildman–Crippen LogP) is 3.72. The van der Waals surface area contributed by atoms with Gasteiger partial charge in [0.05, 0.1) is 0 Å². The largest absolute Gasteiger partial charge is 0.444 e. The van der Waals surface area contributed by atoms with Gasteiger partial charge in [-0.2, -0.15) is 0 Å². The van der Waals surface area contributed by atoms with Crippen molar-refractivity contribution < 1.29 is 14.3 Å². The van der Waals surface area contributed by atoms with E-state index in [2.05, 4.69) is 17.1 Å². The van der Waals surface area contributed by atoms with Gasteiger partial charge in [-0.3, -0.25) is 4.79 Å². The first-order valence-corrected chi connectivity index (χ1v) is 9.63. The van der Waals surface area contributed by atoms with Crippen LogP contribution in [0.25, 0.3) is 0 Å². The van der Waals surface area contributed by atoms with Crippen LogP contribution in [0.4, 0.5) is 4.79 Å². The molecule has 1 N–H and O–H groups in total. The van der Waals surface area contributed by atoms with Gasteiger partial charge in [0.1, 0.15) is 11.6 Å². The maximum absolute atomic E-state index is 13.5. The average molecular weight is 351 g/mol. The molecule has 2 spiro atoms. The number of nitrogens with zero attached hydrogens (tertiary/aromatic N) is 1. The Hall–Kier alpha value is -1.26.